The van der Waals surface area contributed by atoms with Crippen LogP contribution in [0.2, 0.25) is 5.02 Å². The molecule has 1 saturated heterocycles. The van der Waals surface area contributed by atoms with Crippen LogP contribution >= 0.6 is 11.6 Å². The number of quaternary nitrogens is 1. The van der Waals surface area contributed by atoms with Crippen LogP contribution in [-0.2, 0) is 11.3 Å². The fourth-order valence-corrected chi connectivity index (χ4v) is 2.65. The van der Waals surface area contributed by atoms with E-state index in [-0.39, 0.29) is 0 Å². The SMILES string of the molecule is C[C@@H]1C[NH+](Cc2ccccc2Cl)C[C@H](C)O1. The van der Waals surface area contributed by atoms with Crippen LogP contribution in [0.15, 0.2) is 24.3 Å². The van der Waals surface area contributed by atoms with Crippen LogP contribution in [0.1, 0.15) is 19.4 Å². The predicted octanol–water partition coefficient (Wildman–Crippen LogP) is 1.53. The lowest BCUT2D eigenvalue weighted by Crippen LogP contribution is -3.14. The van der Waals surface area contributed by atoms with Gasteiger partial charge in [0.25, 0.3) is 0 Å². The maximum Gasteiger partial charge on any atom is 0.104 e. The molecule has 0 saturated carbocycles. The van der Waals surface area contributed by atoms with Gasteiger partial charge in [-0.05, 0) is 19.9 Å². The quantitative estimate of drug-likeness (QED) is 0.828. The number of nitrogens with one attached hydrogen (secondary N) is 1. The van der Waals surface area contributed by atoms with E-state index in [9.17, 15) is 0 Å². The minimum atomic E-state index is 0.348. The molecule has 1 aliphatic heterocycles. The molecule has 0 amide bonds. The summed E-state index contributed by atoms with van der Waals surface area (Å²) in [5.74, 6) is 0. The van der Waals surface area contributed by atoms with Gasteiger partial charge in [-0.2, -0.15) is 0 Å². The van der Waals surface area contributed by atoms with Gasteiger partial charge >= 0.3 is 0 Å². The van der Waals surface area contributed by atoms with Crippen LogP contribution in [0.4, 0.5) is 0 Å². The van der Waals surface area contributed by atoms with E-state index in [0.717, 1.165) is 24.7 Å². The second-order valence-electron chi connectivity index (χ2n) is 4.68. The molecule has 0 aromatic heterocycles. The van der Waals surface area contributed by atoms with E-state index in [2.05, 4.69) is 19.9 Å². The molecule has 2 nitrogen and oxygen atoms in total. The van der Waals surface area contributed by atoms with Crippen molar-refractivity contribution >= 4 is 11.6 Å². The Hall–Kier alpha value is -0.570. The Morgan fingerprint density at radius 1 is 1.25 bits per heavy atom. The van der Waals surface area contributed by atoms with E-state index < -0.39 is 0 Å². The van der Waals surface area contributed by atoms with Gasteiger partial charge in [0.1, 0.15) is 31.8 Å². The van der Waals surface area contributed by atoms with Crippen LogP contribution in [-0.4, -0.2) is 25.3 Å². The number of hydrogen-bond donors (Lipinski definition) is 1. The highest BCUT2D eigenvalue weighted by Crippen LogP contribution is 2.13. The number of hydrogen-bond acceptors (Lipinski definition) is 1. The van der Waals surface area contributed by atoms with Gasteiger partial charge in [-0.25, -0.2) is 0 Å². The molecule has 1 unspecified atom stereocenters. The highest BCUT2D eigenvalue weighted by Gasteiger charge is 2.25. The number of rotatable bonds is 2. The lowest BCUT2D eigenvalue weighted by molar-refractivity contribution is -0.928. The summed E-state index contributed by atoms with van der Waals surface area (Å²) in [6, 6.07) is 8.10. The van der Waals surface area contributed by atoms with E-state index in [1.807, 2.05) is 18.2 Å². The molecule has 1 fully saturated rings. The summed E-state index contributed by atoms with van der Waals surface area (Å²) in [5.41, 5.74) is 1.24. The molecular formula is C13H19ClNO+. The molecule has 3 atom stereocenters. The van der Waals surface area contributed by atoms with E-state index in [0.29, 0.717) is 12.2 Å². The van der Waals surface area contributed by atoms with Crippen molar-refractivity contribution in [1.29, 1.82) is 0 Å². The fourth-order valence-electron chi connectivity index (χ4n) is 2.44. The Bertz CT molecular complexity index is 346. The van der Waals surface area contributed by atoms with Gasteiger partial charge in [-0.3, -0.25) is 0 Å². The second-order valence-corrected chi connectivity index (χ2v) is 5.09. The molecular weight excluding hydrogens is 222 g/mol. The van der Waals surface area contributed by atoms with Crippen LogP contribution in [0, 0.1) is 0 Å². The summed E-state index contributed by atoms with van der Waals surface area (Å²) >= 11 is 6.17. The first kappa shape index (κ1) is 11.9. The summed E-state index contributed by atoms with van der Waals surface area (Å²) in [6.45, 7) is 7.41. The zero-order valence-corrected chi connectivity index (χ0v) is 10.6. The molecule has 0 bridgehead atoms. The van der Waals surface area contributed by atoms with E-state index in [4.69, 9.17) is 16.3 Å². The summed E-state index contributed by atoms with van der Waals surface area (Å²) < 4.78 is 5.73. The number of halogens is 1. The predicted molar refractivity (Wildman–Crippen MR) is 65.9 cm³/mol. The standard InChI is InChI=1S/C13H18ClNO/c1-10-7-15(8-11(2)16-10)9-12-5-3-4-6-13(12)14/h3-6,10-11H,7-9H2,1-2H3/p+1/t10-,11+. The molecule has 1 aromatic carbocycles. The molecule has 0 radical (unpaired) electrons. The summed E-state index contributed by atoms with van der Waals surface area (Å²) in [7, 11) is 0. The Morgan fingerprint density at radius 3 is 2.50 bits per heavy atom. The largest absolute Gasteiger partial charge is 0.364 e. The van der Waals surface area contributed by atoms with Gasteiger partial charge in [0.05, 0.1) is 0 Å². The summed E-state index contributed by atoms with van der Waals surface area (Å²) in [5, 5.41) is 0.877. The van der Waals surface area contributed by atoms with Crippen molar-refractivity contribution in [3.05, 3.63) is 34.9 Å². The molecule has 16 heavy (non-hydrogen) atoms. The van der Waals surface area contributed by atoms with Crippen molar-refractivity contribution in [2.75, 3.05) is 13.1 Å². The zero-order chi connectivity index (χ0) is 11.5. The first-order valence-electron chi connectivity index (χ1n) is 5.87. The lowest BCUT2D eigenvalue weighted by Gasteiger charge is -2.32. The molecule has 1 N–H and O–H groups in total. The Labute approximate surface area is 102 Å². The highest BCUT2D eigenvalue weighted by atomic mass is 35.5. The molecule has 0 aliphatic carbocycles. The zero-order valence-electron chi connectivity index (χ0n) is 9.87. The van der Waals surface area contributed by atoms with E-state index in [1.165, 1.54) is 5.56 Å². The van der Waals surface area contributed by atoms with Crippen LogP contribution < -0.4 is 4.90 Å². The second kappa shape index (κ2) is 5.17. The third-order valence-electron chi connectivity index (χ3n) is 3.02. The van der Waals surface area contributed by atoms with Crippen molar-refractivity contribution < 1.29 is 9.64 Å². The van der Waals surface area contributed by atoms with Crippen molar-refractivity contribution in [2.45, 2.75) is 32.6 Å². The van der Waals surface area contributed by atoms with Crippen molar-refractivity contribution in [3.8, 4) is 0 Å². The lowest BCUT2D eigenvalue weighted by atomic mass is 10.1. The van der Waals surface area contributed by atoms with Crippen LogP contribution in [0.25, 0.3) is 0 Å². The normalized spacial score (nSPS) is 30.3. The summed E-state index contributed by atoms with van der Waals surface area (Å²) in [6.07, 6.45) is 0.697. The van der Waals surface area contributed by atoms with E-state index >= 15 is 0 Å². The van der Waals surface area contributed by atoms with Gasteiger partial charge in [-0.15, -0.1) is 0 Å². The Morgan fingerprint density at radius 2 is 1.88 bits per heavy atom. The fraction of sp³-hybridized carbons (Fsp3) is 0.538. The third kappa shape index (κ3) is 2.97. The van der Waals surface area contributed by atoms with Crippen LogP contribution in [0.5, 0.6) is 0 Å². The van der Waals surface area contributed by atoms with Gasteiger partial charge in [0, 0.05) is 10.6 Å². The smallest absolute Gasteiger partial charge is 0.104 e. The molecule has 1 heterocycles. The van der Waals surface area contributed by atoms with Crippen LogP contribution in [0.3, 0.4) is 0 Å². The van der Waals surface area contributed by atoms with Crippen molar-refractivity contribution in [2.24, 2.45) is 0 Å². The number of ether oxygens (including phenoxy) is 1. The Balaban J connectivity index is 2.02. The van der Waals surface area contributed by atoms with Gasteiger partial charge < -0.3 is 9.64 Å². The average Bonchev–Trinajstić information content (AvgIpc) is 2.20. The molecule has 88 valence electrons. The number of benzene rings is 1. The maximum absolute atomic E-state index is 6.17. The maximum atomic E-state index is 6.17. The van der Waals surface area contributed by atoms with Gasteiger partial charge in [0.15, 0.2) is 0 Å². The molecule has 0 spiro atoms. The molecule has 2 rings (SSSR count). The Kier molecular flexibility index (Phi) is 3.85. The highest BCUT2D eigenvalue weighted by molar-refractivity contribution is 6.31. The summed E-state index contributed by atoms with van der Waals surface area (Å²) in [4.78, 5) is 1.55. The molecule has 1 aliphatic rings. The number of morpholine rings is 1. The van der Waals surface area contributed by atoms with E-state index in [1.54, 1.807) is 4.90 Å². The minimum Gasteiger partial charge on any atom is -0.364 e. The third-order valence-corrected chi connectivity index (χ3v) is 3.38. The van der Waals surface area contributed by atoms with Crippen molar-refractivity contribution in [1.82, 2.24) is 0 Å². The first-order valence-corrected chi connectivity index (χ1v) is 6.25. The van der Waals surface area contributed by atoms with Crippen molar-refractivity contribution in [3.63, 3.8) is 0 Å². The molecule has 3 heteroatoms. The monoisotopic (exact) mass is 240 g/mol. The average molecular weight is 241 g/mol. The first-order chi connectivity index (χ1) is 7.65. The van der Waals surface area contributed by atoms with Gasteiger partial charge in [0.2, 0.25) is 0 Å². The topological polar surface area (TPSA) is 13.7 Å². The minimum absolute atomic E-state index is 0.348. The molecule has 1 aromatic rings. The van der Waals surface area contributed by atoms with Gasteiger partial charge in [-0.1, -0.05) is 29.8 Å².